The quantitative estimate of drug-likeness (QED) is 0.654. The van der Waals surface area contributed by atoms with E-state index in [1.807, 2.05) is 43.0 Å². The number of amides is 1. The van der Waals surface area contributed by atoms with Crippen molar-refractivity contribution in [3.63, 3.8) is 0 Å². The number of carboxylic acids is 1. The zero-order chi connectivity index (χ0) is 15.8. The monoisotopic (exact) mass is 404 g/mol. The highest BCUT2D eigenvalue weighted by atomic mass is 127. The van der Waals surface area contributed by atoms with E-state index in [-0.39, 0.29) is 24.9 Å². The average Bonchev–Trinajstić information content (AvgIpc) is 2.39. The Balaban J connectivity index is 2.52. The zero-order valence-corrected chi connectivity index (χ0v) is 14.5. The Labute approximate surface area is 138 Å². The highest BCUT2D eigenvalue weighted by Gasteiger charge is 2.15. The zero-order valence-electron chi connectivity index (χ0n) is 12.3. The molecule has 0 fully saturated rings. The van der Waals surface area contributed by atoms with E-state index >= 15 is 0 Å². The number of nitrogens with zero attached hydrogens (tertiary/aromatic N) is 1. The van der Waals surface area contributed by atoms with E-state index in [4.69, 9.17) is 5.11 Å². The number of aliphatic carboxylic acids is 1. The average molecular weight is 404 g/mol. The summed E-state index contributed by atoms with van der Waals surface area (Å²) in [6, 6.07) is 7.79. The maximum Gasteiger partial charge on any atom is 0.303 e. The van der Waals surface area contributed by atoms with E-state index in [2.05, 4.69) is 27.9 Å². The van der Waals surface area contributed by atoms with Crippen molar-refractivity contribution in [2.45, 2.75) is 32.7 Å². The van der Waals surface area contributed by atoms with Crippen LogP contribution in [0.25, 0.3) is 0 Å². The van der Waals surface area contributed by atoms with Crippen LogP contribution < -0.4 is 5.32 Å². The molecule has 0 unspecified atom stereocenters. The van der Waals surface area contributed by atoms with Gasteiger partial charge in [0, 0.05) is 16.0 Å². The van der Waals surface area contributed by atoms with Crippen molar-refractivity contribution < 1.29 is 14.7 Å². The Morgan fingerprint density at radius 2 is 2.00 bits per heavy atom. The molecule has 0 aliphatic heterocycles. The van der Waals surface area contributed by atoms with Crippen molar-refractivity contribution in [2.24, 2.45) is 0 Å². The summed E-state index contributed by atoms with van der Waals surface area (Å²) in [7, 11) is 0. The fourth-order valence-corrected chi connectivity index (χ4v) is 2.41. The summed E-state index contributed by atoms with van der Waals surface area (Å²) in [5, 5.41) is 11.6. The van der Waals surface area contributed by atoms with Gasteiger partial charge in [0.2, 0.25) is 5.91 Å². The van der Waals surface area contributed by atoms with E-state index in [0.717, 1.165) is 9.26 Å². The number of nitrogens with one attached hydrogen (secondary N) is 1. The van der Waals surface area contributed by atoms with Gasteiger partial charge in [-0.1, -0.05) is 12.1 Å². The van der Waals surface area contributed by atoms with Gasteiger partial charge in [0.15, 0.2) is 0 Å². The van der Waals surface area contributed by atoms with Gasteiger partial charge in [-0.05, 0) is 61.5 Å². The molecule has 0 radical (unpaired) electrons. The molecule has 116 valence electrons. The number of benzene rings is 1. The van der Waals surface area contributed by atoms with Crippen molar-refractivity contribution in [3.05, 3.63) is 27.8 Å². The van der Waals surface area contributed by atoms with Gasteiger partial charge in [-0.15, -0.1) is 0 Å². The van der Waals surface area contributed by atoms with E-state index in [9.17, 15) is 9.59 Å². The number of hydrogen-bond acceptors (Lipinski definition) is 3. The molecule has 0 saturated heterocycles. The molecule has 21 heavy (non-hydrogen) atoms. The van der Waals surface area contributed by atoms with Crippen LogP contribution >= 0.6 is 22.6 Å². The fraction of sp³-hybridized carbons (Fsp3) is 0.467. The molecule has 0 saturated carbocycles. The van der Waals surface area contributed by atoms with Crippen LogP contribution in [-0.2, 0) is 9.59 Å². The third-order valence-corrected chi connectivity index (χ3v) is 4.00. The number of carboxylic acid groups (broad SMARTS) is 1. The van der Waals surface area contributed by atoms with Crippen LogP contribution in [0.4, 0.5) is 5.69 Å². The van der Waals surface area contributed by atoms with Crippen molar-refractivity contribution in [2.75, 3.05) is 18.4 Å². The number of hydrogen-bond donors (Lipinski definition) is 2. The van der Waals surface area contributed by atoms with Gasteiger partial charge < -0.3 is 10.4 Å². The summed E-state index contributed by atoms with van der Waals surface area (Å²) in [5.74, 6) is -0.884. The van der Waals surface area contributed by atoms with Crippen molar-refractivity contribution in [1.29, 1.82) is 0 Å². The molecule has 5 nitrogen and oxygen atoms in total. The molecular formula is C15H21IN2O3. The highest BCUT2D eigenvalue weighted by Crippen LogP contribution is 2.16. The molecule has 1 rings (SSSR count). The molecule has 1 amide bonds. The fourth-order valence-electron chi connectivity index (χ4n) is 1.89. The largest absolute Gasteiger partial charge is 0.481 e. The molecule has 0 aromatic heterocycles. The Morgan fingerprint density at radius 1 is 1.33 bits per heavy atom. The number of para-hydroxylation sites is 1. The minimum Gasteiger partial charge on any atom is -0.481 e. The molecule has 0 aliphatic carbocycles. The van der Waals surface area contributed by atoms with Gasteiger partial charge in [0.05, 0.1) is 12.2 Å². The first-order valence-corrected chi connectivity index (χ1v) is 7.98. The Kier molecular flexibility index (Phi) is 7.66. The normalized spacial score (nSPS) is 10.9. The Bertz CT molecular complexity index is 492. The van der Waals surface area contributed by atoms with Crippen molar-refractivity contribution in [3.8, 4) is 0 Å². The lowest BCUT2D eigenvalue weighted by Gasteiger charge is -2.25. The minimum atomic E-state index is -0.804. The Hall–Kier alpha value is -1.15. The molecule has 0 aliphatic rings. The highest BCUT2D eigenvalue weighted by molar-refractivity contribution is 14.1. The van der Waals surface area contributed by atoms with E-state index in [1.54, 1.807) is 0 Å². The summed E-state index contributed by atoms with van der Waals surface area (Å²) in [5.41, 5.74) is 0.803. The summed E-state index contributed by atoms with van der Waals surface area (Å²) in [6.07, 6.45) is 0.672. The second-order valence-electron chi connectivity index (χ2n) is 5.09. The summed E-state index contributed by atoms with van der Waals surface area (Å²) in [6.45, 7) is 4.87. The van der Waals surface area contributed by atoms with Gasteiger partial charge in [-0.25, -0.2) is 0 Å². The van der Waals surface area contributed by atoms with Crippen molar-refractivity contribution in [1.82, 2.24) is 4.90 Å². The lowest BCUT2D eigenvalue weighted by Crippen LogP contribution is -2.38. The standard InChI is InChI=1S/C15H21IN2O3/c1-11(2)18(9-5-8-15(20)21)10-14(19)17-13-7-4-3-6-12(13)16/h3-4,6-7,11H,5,8-10H2,1-2H3,(H,17,19)(H,20,21). The van der Waals surface area contributed by atoms with Gasteiger partial charge in [-0.3, -0.25) is 14.5 Å². The van der Waals surface area contributed by atoms with Crippen molar-refractivity contribution >= 4 is 40.2 Å². The van der Waals surface area contributed by atoms with Gasteiger partial charge in [0.1, 0.15) is 0 Å². The molecule has 0 bridgehead atoms. The van der Waals surface area contributed by atoms with Crippen LogP contribution in [-0.4, -0.2) is 41.0 Å². The first kappa shape index (κ1) is 17.9. The van der Waals surface area contributed by atoms with Crippen LogP contribution in [0.2, 0.25) is 0 Å². The van der Waals surface area contributed by atoms with Crippen LogP contribution in [0.1, 0.15) is 26.7 Å². The lowest BCUT2D eigenvalue weighted by molar-refractivity contribution is -0.137. The molecule has 1 aromatic rings. The molecule has 6 heteroatoms. The summed E-state index contributed by atoms with van der Waals surface area (Å²) < 4.78 is 0.991. The summed E-state index contributed by atoms with van der Waals surface area (Å²) in [4.78, 5) is 24.6. The van der Waals surface area contributed by atoms with Crippen LogP contribution in [0.3, 0.4) is 0 Å². The molecular weight excluding hydrogens is 383 g/mol. The lowest BCUT2D eigenvalue weighted by atomic mass is 10.2. The molecule has 2 N–H and O–H groups in total. The van der Waals surface area contributed by atoms with Gasteiger partial charge in [-0.2, -0.15) is 0 Å². The van der Waals surface area contributed by atoms with Gasteiger partial charge >= 0.3 is 5.97 Å². The van der Waals surface area contributed by atoms with E-state index in [1.165, 1.54) is 0 Å². The molecule has 0 heterocycles. The molecule has 1 aromatic carbocycles. The third kappa shape index (κ3) is 6.90. The first-order valence-electron chi connectivity index (χ1n) is 6.90. The SMILES string of the molecule is CC(C)N(CCCC(=O)O)CC(=O)Nc1ccccc1I. The number of anilines is 1. The smallest absolute Gasteiger partial charge is 0.303 e. The molecule has 0 atom stereocenters. The number of rotatable bonds is 8. The maximum absolute atomic E-state index is 12.1. The topological polar surface area (TPSA) is 69.6 Å². The van der Waals surface area contributed by atoms with E-state index < -0.39 is 5.97 Å². The third-order valence-electron chi connectivity index (χ3n) is 3.06. The molecule has 0 spiro atoms. The first-order chi connectivity index (χ1) is 9.90. The maximum atomic E-state index is 12.1. The predicted octanol–water partition coefficient (Wildman–Crippen LogP) is 2.80. The number of carbonyl (C=O) groups is 2. The number of halogens is 1. The van der Waals surface area contributed by atoms with E-state index in [0.29, 0.717) is 13.0 Å². The van der Waals surface area contributed by atoms with Crippen LogP contribution in [0.5, 0.6) is 0 Å². The van der Waals surface area contributed by atoms with Gasteiger partial charge in [0.25, 0.3) is 0 Å². The Morgan fingerprint density at radius 3 is 2.57 bits per heavy atom. The van der Waals surface area contributed by atoms with Crippen LogP contribution in [0, 0.1) is 3.57 Å². The minimum absolute atomic E-state index is 0.0804. The van der Waals surface area contributed by atoms with Crippen LogP contribution in [0.15, 0.2) is 24.3 Å². The summed E-state index contributed by atoms with van der Waals surface area (Å²) >= 11 is 2.18. The number of carbonyl (C=O) groups excluding carboxylic acids is 1. The predicted molar refractivity (Wildman–Crippen MR) is 91.4 cm³/mol. The second kappa shape index (κ2) is 8.99. The second-order valence-corrected chi connectivity index (χ2v) is 6.25.